The maximum Gasteiger partial charge on any atom is 0.272 e. The van der Waals surface area contributed by atoms with E-state index in [-0.39, 0.29) is 44.8 Å². The summed E-state index contributed by atoms with van der Waals surface area (Å²) in [5.74, 6) is 1.54. The minimum atomic E-state index is -0.233. The maximum atomic E-state index is 12.6. The van der Waals surface area contributed by atoms with Crippen molar-refractivity contribution in [3.05, 3.63) is 0 Å². The number of carbonyl (C=O) groups is 1. The van der Waals surface area contributed by atoms with E-state index in [0.29, 0.717) is 22.8 Å². The number of aliphatic hydroxyl groups excluding tert-OH is 1. The van der Waals surface area contributed by atoms with Gasteiger partial charge >= 0.3 is 0 Å². The Kier molecular flexibility index (Phi) is 5.85. The van der Waals surface area contributed by atoms with Gasteiger partial charge in [0.25, 0.3) is 5.91 Å². The molecule has 0 aromatic heterocycles. The summed E-state index contributed by atoms with van der Waals surface area (Å²) in [7, 11) is -0.0205. The van der Waals surface area contributed by atoms with Gasteiger partial charge in [0, 0.05) is 24.4 Å². The second kappa shape index (κ2) is 6.87. The van der Waals surface area contributed by atoms with Crippen molar-refractivity contribution in [3.8, 4) is 0 Å². The summed E-state index contributed by atoms with van der Waals surface area (Å²) >= 11 is 0. The van der Waals surface area contributed by atoms with Crippen molar-refractivity contribution >= 4 is 16.8 Å². The van der Waals surface area contributed by atoms with Gasteiger partial charge < -0.3 is 27.0 Å². The Bertz CT molecular complexity index is 452. The predicted molar refractivity (Wildman–Crippen MR) is 93.0 cm³/mol. The first-order valence-corrected chi connectivity index (χ1v) is 10.7. The molecular weight excluding hydrogens is 374 g/mol. The summed E-state index contributed by atoms with van der Waals surface area (Å²) < 4.78 is 0. The monoisotopic (exact) mass is 405 g/mol. The lowest BCUT2D eigenvalue weighted by Gasteiger charge is -2.36. The van der Waals surface area contributed by atoms with Gasteiger partial charge in [-0.25, -0.2) is 0 Å². The van der Waals surface area contributed by atoms with Gasteiger partial charge in [-0.15, -0.1) is 0 Å². The first-order valence-electron chi connectivity index (χ1n) is 8.86. The minimum absolute atomic E-state index is 0. The minimum Gasteiger partial charge on any atom is -1.00 e. The number of hydrogen-bond acceptors (Lipinski definition) is 2. The molecule has 2 aliphatic carbocycles. The van der Waals surface area contributed by atoms with Crippen LogP contribution in [0.1, 0.15) is 52.9 Å². The van der Waals surface area contributed by atoms with Crippen LogP contribution in [0, 0.1) is 16.7 Å². The Balaban J connectivity index is 0.00000192. The first-order chi connectivity index (χ1) is 10.3. The molecule has 1 saturated heterocycles. The molecule has 0 spiro atoms. The van der Waals surface area contributed by atoms with Crippen molar-refractivity contribution in [1.29, 1.82) is 0 Å². The molecule has 1 N–H and O–H groups in total. The molecule has 3 nitrogen and oxygen atoms in total. The van der Waals surface area contributed by atoms with Gasteiger partial charge in [-0.1, -0.05) is 20.8 Å². The molecule has 3 rings (SSSR count). The third-order valence-electron chi connectivity index (χ3n) is 7.26. The Labute approximate surface area is 154 Å². The van der Waals surface area contributed by atoms with Crippen molar-refractivity contribution in [2.75, 3.05) is 25.1 Å². The van der Waals surface area contributed by atoms with E-state index in [9.17, 15) is 9.90 Å². The van der Waals surface area contributed by atoms with Gasteiger partial charge in [0.15, 0.2) is 5.75 Å². The summed E-state index contributed by atoms with van der Waals surface area (Å²) in [6, 6.07) is 0. The molecule has 1 amide bonds. The number of fused-ring (bicyclic) bond motifs is 2. The lowest BCUT2D eigenvalue weighted by Crippen LogP contribution is -3.00. The fraction of sp³-hybridized carbons (Fsp3) is 0.944. The summed E-state index contributed by atoms with van der Waals surface area (Å²) in [6.45, 7) is 8.81. The van der Waals surface area contributed by atoms with Crippen molar-refractivity contribution in [2.24, 2.45) is 16.7 Å². The van der Waals surface area contributed by atoms with Crippen LogP contribution in [-0.4, -0.2) is 52.4 Å². The highest BCUT2D eigenvalue weighted by Crippen LogP contribution is 2.66. The molecule has 0 aromatic carbocycles. The molecule has 5 heteroatoms. The van der Waals surface area contributed by atoms with Crippen LogP contribution in [0.25, 0.3) is 0 Å². The van der Waals surface area contributed by atoms with E-state index in [1.807, 2.05) is 0 Å². The van der Waals surface area contributed by atoms with Crippen LogP contribution >= 0.6 is 0 Å². The molecular formula is C18H32BrNO2S. The van der Waals surface area contributed by atoms with Crippen LogP contribution in [-0.2, 0) is 15.7 Å². The van der Waals surface area contributed by atoms with Gasteiger partial charge in [0.1, 0.15) is 11.4 Å². The highest BCUT2D eigenvalue weighted by molar-refractivity contribution is 7.97. The van der Waals surface area contributed by atoms with Crippen LogP contribution < -0.4 is 17.0 Å². The standard InChI is InChI=1S/C18H32NO2S.BrH/c1-17(2)13-8-9-18(17,3)16(21)15(13)22(4)12-14(20)19-10-6-5-7-11-19;/h13,15-16,21H,5-12H2,1-4H3;1H/q+1;/p-1/t13-,15-,16-,18+,22?;/m1./s1. The topological polar surface area (TPSA) is 40.5 Å². The Hall–Kier alpha value is 0.260. The highest BCUT2D eigenvalue weighted by Gasteiger charge is 2.70. The highest BCUT2D eigenvalue weighted by atomic mass is 79.9. The number of amides is 1. The number of halogens is 1. The number of hydrogen-bond donors (Lipinski definition) is 1. The van der Waals surface area contributed by atoms with Crippen LogP contribution in [0.2, 0.25) is 0 Å². The van der Waals surface area contributed by atoms with Crippen LogP contribution in [0.3, 0.4) is 0 Å². The molecule has 3 aliphatic rings. The zero-order chi connectivity index (χ0) is 16.1. The van der Waals surface area contributed by atoms with Gasteiger partial charge in [-0.05, 0) is 48.4 Å². The number of nitrogens with zero attached hydrogens (tertiary/aromatic N) is 1. The zero-order valence-corrected chi connectivity index (χ0v) is 17.4. The zero-order valence-electron chi connectivity index (χ0n) is 15.0. The van der Waals surface area contributed by atoms with E-state index in [2.05, 4.69) is 31.9 Å². The maximum absolute atomic E-state index is 12.6. The van der Waals surface area contributed by atoms with Gasteiger partial charge in [-0.3, -0.25) is 4.79 Å². The smallest absolute Gasteiger partial charge is 0.272 e. The third kappa shape index (κ3) is 2.99. The van der Waals surface area contributed by atoms with Crippen molar-refractivity contribution < 1.29 is 26.9 Å². The van der Waals surface area contributed by atoms with Crippen LogP contribution in [0.15, 0.2) is 0 Å². The van der Waals surface area contributed by atoms with E-state index in [1.54, 1.807) is 0 Å². The lowest BCUT2D eigenvalue weighted by molar-refractivity contribution is -0.129. The summed E-state index contributed by atoms with van der Waals surface area (Å²) in [4.78, 5) is 14.6. The summed E-state index contributed by atoms with van der Waals surface area (Å²) in [5, 5.41) is 11.3. The number of carbonyl (C=O) groups excluding carboxylic acids is 1. The number of piperidine rings is 1. The lowest BCUT2D eigenvalue weighted by atomic mass is 9.70. The Morgan fingerprint density at radius 3 is 2.35 bits per heavy atom. The third-order valence-corrected chi connectivity index (χ3v) is 9.48. The second-order valence-electron chi connectivity index (χ2n) is 8.47. The van der Waals surface area contributed by atoms with Crippen LogP contribution in [0.5, 0.6) is 0 Å². The molecule has 1 unspecified atom stereocenters. The molecule has 1 aliphatic heterocycles. The molecule has 2 bridgehead atoms. The van der Waals surface area contributed by atoms with E-state index in [4.69, 9.17) is 0 Å². The quantitative estimate of drug-likeness (QED) is 0.639. The SMILES string of the molecule is C[S+](CC(=O)N1CCCCC1)[C@@H]1[C@H]2CC[C@@](C)([C@@H]1O)C2(C)C.[Br-]. The molecule has 0 aromatic rings. The van der Waals surface area contributed by atoms with Crippen molar-refractivity contribution in [1.82, 2.24) is 4.90 Å². The van der Waals surface area contributed by atoms with Gasteiger partial charge in [0.2, 0.25) is 0 Å². The van der Waals surface area contributed by atoms with E-state index in [0.717, 1.165) is 32.4 Å². The molecule has 1 heterocycles. The fourth-order valence-electron chi connectivity index (χ4n) is 5.27. The average molecular weight is 406 g/mol. The van der Waals surface area contributed by atoms with Crippen molar-refractivity contribution in [2.45, 2.75) is 64.2 Å². The van der Waals surface area contributed by atoms with Crippen molar-refractivity contribution in [3.63, 3.8) is 0 Å². The summed E-state index contributed by atoms with van der Waals surface area (Å²) in [5.41, 5.74) is 0.240. The number of likely N-dealkylation sites (tertiary alicyclic amines) is 1. The van der Waals surface area contributed by atoms with E-state index in [1.165, 1.54) is 12.8 Å². The number of aliphatic hydroxyl groups is 1. The average Bonchev–Trinajstić information content (AvgIpc) is 2.80. The molecule has 3 fully saturated rings. The largest absolute Gasteiger partial charge is 1.00 e. The molecule has 23 heavy (non-hydrogen) atoms. The van der Waals surface area contributed by atoms with E-state index < -0.39 is 0 Å². The van der Waals surface area contributed by atoms with Crippen LogP contribution in [0.4, 0.5) is 0 Å². The Morgan fingerprint density at radius 2 is 1.83 bits per heavy atom. The normalized spacial score (nSPS) is 39.9. The molecule has 134 valence electrons. The first kappa shape index (κ1) is 19.6. The molecule has 2 saturated carbocycles. The van der Waals surface area contributed by atoms with Gasteiger partial charge in [-0.2, -0.15) is 0 Å². The predicted octanol–water partition coefficient (Wildman–Crippen LogP) is -0.563. The fourth-order valence-corrected chi connectivity index (χ4v) is 7.82. The molecule has 0 radical (unpaired) electrons. The summed E-state index contributed by atoms with van der Waals surface area (Å²) in [6.07, 6.45) is 7.92. The van der Waals surface area contributed by atoms with Gasteiger partial charge in [0.05, 0.1) is 6.26 Å². The van der Waals surface area contributed by atoms with E-state index >= 15 is 0 Å². The number of rotatable bonds is 3. The second-order valence-corrected chi connectivity index (χ2v) is 10.7. The Morgan fingerprint density at radius 1 is 1.22 bits per heavy atom. The molecule has 5 atom stereocenters.